The number of nitrogens with one attached hydrogen (secondary N) is 2. The predicted octanol–water partition coefficient (Wildman–Crippen LogP) is 2.50. The molecule has 1 saturated heterocycles. The van der Waals surface area contributed by atoms with Gasteiger partial charge in [-0.15, -0.1) is 0 Å². The zero-order valence-corrected chi connectivity index (χ0v) is 14.0. The fourth-order valence-electron chi connectivity index (χ4n) is 3.06. The highest BCUT2D eigenvalue weighted by atomic mass is 19.1. The van der Waals surface area contributed by atoms with Crippen LogP contribution in [0.1, 0.15) is 38.1 Å². The second-order valence-electron chi connectivity index (χ2n) is 5.92. The number of amides is 2. The maximum absolute atomic E-state index is 13.3. The molecule has 2 aromatic rings. The number of fused-ring (bicyclic) bond motifs is 1. The number of nitrogens with zero attached hydrogens (tertiary/aromatic N) is 2. The maximum atomic E-state index is 13.3. The zero-order valence-electron chi connectivity index (χ0n) is 14.0. The average Bonchev–Trinajstić information content (AvgIpc) is 3.20. The van der Waals surface area contributed by atoms with Crippen LogP contribution in [0.3, 0.4) is 0 Å². The Morgan fingerprint density at radius 3 is 3.12 bits per heavy atom. The number of halogens is 1. The van der Waals surface area contributed by atoms with E-state index in [1.165, 1.54) is 12.1 Å². The molecule has 2 heterocycles. The van der Waals surface area contributed by atoms with Crippen LogP contribution in [-0.2, 0) is 9.53 Å². The summed E-state index contributed by atoms with van der Waals surface area (Å²) >= 11 is 0. The van der Waals surface area contributed by atoms with Crippen molar-refractivity contribution in [2.75, 3.05) is 19.7 Å². The van der Waals surface area contributed by atoms with Crippen molar-refractivity contribution in [1.29, 1.82) is 0 Å². The van der Waals surface area contributed by atoms with Gasteiger partial charge in [0.15, 0.2) is 0 Å². The van der Waals surface area contributed by atoms with E-state index >= 15 is 0 Å². The molecule has 1 aliphatic rings. The maximum Gasteiger partial charge on any atom is 0.318 e. The lowest BCUT2D eigenvalue weighted by Gasteiger charge is -2.23. The molecule has 0 aliphatic carbocycles. The summed E-state index contributed by atoms with van der Waals surface area (Å²) in [6.45, 7) is 2.91. The van der Waals surface area contributed by atoms with E-state index in [1.54, 1.807) is 17.9 Å². The molecule has 2 amide bonds. The molecule has 25 heavy (non-hydrogen) atoms. The fraction of sp³-hybridized carbons (Fsp3) is 0.471. The first kappa shape index (κ1) is 17.2. The minimum absolute atomic E-state index is 0.141. The van der Waals surface area contributed by atoms with Crippen molar-refractivity contribution in [3.05, 3.63) is 29.8 Å². The van der Waals surface area contributed by atoms with Crippen molar-refractivity contribution in [2.24, 2.45) is 0 Å². The highest BCUT2D eigenvalue weighted by Gasteiger charge is 2.32. The van der Waals surface area contributed by atoms with Crippen LogP contribution >= 0.6 is 0 Å². The number of ether oxygens (including phenoxy) is 1. The van der Waals surface area contributed by atoms with Crippen molar-refractivity contribution < 1.29 is 18.7 Å². The van der Waals surface area contributed by atoms with Crippen LogP contribution in [-0.4, -0.2) is 46.6 Å². The van der Waals surface area contributed by atoms with E-state index in [-0.39, 0.29) is 36.8 Å². The minimum Gasteiger partial charge on any atom is -0.466 e. The van der Waals surface area contributed by atoms with Gasteiger partial charge in [-0.25, -0.2) is 14.2 Å². The van der Waals surface area contributed by atoms with Crippen molar-refractivity contribution >= 4 is 23.0 Å². The van der Waals surface area contributed by atoms with Gasteiger partial charge in [-0.1, -0.05) is 0 Å². The number of H-pyrrole nitrogens is 1. The molecule has 0 radical (unpaired) electrons. The summed E-state index contributed by atoms with van der Waals surface area (Å²) in [5, 5.41) is 2.74. The summed E-state index contributed by atoms with van der Waals surface area (Å²) in [5.41, 5.74) is 1.29. The normalized spacial score (nSPS) is 17.0. The molecule has 0 spiro atoms. The molecular weight excluding hydrogens is 327 g/mol. The Bertz CT molecular complexity index is 776. The lowest BCUT2D eigenvalue weighted by atomic mass is 10.2. The Hall–Kier alpha value is -2.64. The third-order valence-corrected chi connectivity index (χ3v) is 4.20. The van der Waals surface area contributed by atoms with E-state index in [4.69, 9.17) is 4.74 Å². The minimum atomic E-state index is -0.333. The Labute approximate surface area is 144 Å². The topological polar surface area (TPSA) is 87.3 Å². The second kappa shape index (κ2) is 7.50. The standard InChI is InChI=1S/C17H21FN4O3/c1-2-25-15(23)7-8-19-17(24)22-9-3-4-14(22)16-20-12-6-5-11(18)10-13(12)21-16/h5-6,10,14H,2-4,7-9H2,1H3,(H,19,24)(H,20,21). The van der Waals surface area contributed by atoms with E-state index in [0.29, 0.717) is 30.0 Å². The van der Waals surface area contributed by atoms with Gasteiger partial charge in [0.25, 0.3) is 0 Å². The van der Waals surface area contributed by atoms with Crippen LogP contribution in [0.4, 0.5) is 9.18 Å². The molecule has 0 bridgehead atoms. The summed E-state index contributed by atoms with van der Waals surface area (Å²) in [4.78, 5) is 33.0. The van der Waals surface area contributed by atoms with E-state index < -0.39 is 0 Å². The number of carbonyl (C=O) groups excluding carboxylic acids is 2. The number of aromatic nitrogens is 2. The van der Waals surface area contributed by atoms with Gasteiger partial charge in [-0.3, -0.25) is 4.79 Å². The number of benzene rings is 1. The van der Waals surface area contributed by atoms with Gasteiger partial charge in [-0.05, 0) is 38.0 Å². The van der Waals surface area contributed by atoms with Crippen molar-refractivity contribution in [2.45, 2.75) is 32.2 Å². The van der Waals surface area contributed by atoms with E-state index in [9.17, 15) is 14.0 Å². The first-order valence-electron chi connectivity index (χ1n) is 8.43. The Morgan fingerprint density at radius 2 is 2.32 bits per heavy atom. The summed E-state index contributed by atoms with van der Waals surface area (Å²) in [5.74, 6) is -0.0126. The summed E-state index contributed by atoms with van der Waals surface area (Å²) in [7, 11) is 0. The van der Waals surface area contributed by atoms with Gasteiger partial charge in [0, 0.05) is 13.1 Å². The van der Waals surface area contributed by atoms with Gasteiger partial charge < -0.3 is 19.9 Å². The van der Waals surface area contributed by atoms with Crippen LogP contribution in [0.25, 0.3) is 11.0 Å². The number of hydrogen-bond donors (Lipinski definition) is 2. The predicted molar refractivity (Wildman–Crippen MR) is 89.4 cm³/mol. The number of imidazole rings is 1. The summed E-state index contributed by atoms with van der Waals surface area (Å²) in [6, 6.07) is 3.95. The van der Waals surface area contributed by atoms with Gasteiger partial charge in [0.1, 0.15) is 11.6 Å². The number of urea groups is 1. The number of esters is 1. The lowest BCUT2D eigenvalue weighted by molar-refractivity contribution is -0.142. The first-order valence-corrected chi connectivity index (χ1v) is 8.43. The van der Waals surface area contributed by atoms with Gasteiger partial charge in [-0.2, -0.15) is 0 Å². The Balaban J connectivity index is 1.64. The second-order valence-corrected chi connectivity index (χ2v) is 5.92. The number of aromatic amines is 1. The van der Waals surface area contributed by atoms with Crippen LogP contribution in [0.5, 0.6) is 0 Å². The van der Waals surface area contributed by atoms with Crippen LogP contribution in [0, 0.1) is 5.82 Å². The molecule has 2 N–H and O–H groups in total. The van der Waals surface area contributed by atoms with Crippen LogP contribution in [0.15, 0.2) is 18.2 Å². The van der Waals surface area contributed by atoms with Gasteiger partial charge in [0.2, 0.25) is 0 Å². The Morgan fingerprint density at radius 1 is 1.48 bits per heavy atom. The SMILES string of the molecule is CCOC(=O)CCNC(=O)N1CCCC1c1nc2ccc(F)cc2[nH]1. The molecule has 3 rings (SSSR count). The number of carbonyl (C=O) groups is 2. The molecule has 1 aromatic carbocycles. The molecule has 0 saturated carbocycles. The molecule has 7 nitrogen and oxygen atoms in total. The lowest BCUT2D eigenvalue weighted by Crippen LogP contribution is -2.40. The summed E-state index contributed by atoms with van der Waals surface area (Å²) in [6.07, 6.45) is 1.79. The fourth-order valence-corrected chi connectivity index (χ4v) is 3.06. The third-order valence-electron chi connectivity index (χ3n) is 4.20. The highest BCUT2D eigenvalue weighted by Crippen LogP contribution is 2.31. The largest absolute Gasteiger partial charge is 0.466 e. The molecule has 1 atom stereocenters. The molecule has 8 heteroatoms. The Kier molecular flexibility index (Phi) is 5.16. The number of likely N-dealkylation sites (tertiary alicyclic amines) is 1. The zero-order chi connectivity index (χ0) is 17.8. The number of hydrogen-bond acceptors (Lipinski definition) is 4. The van der Waals surface area contributed by atoms with Gasteiger partial charge in [0.05, 0.1) is 30.1 Å². The molecule has 1 aromatic heterocycles. The molecule has 1 fully saturated rings. The van der Waals surface area contributed by atoms with Crippen molar-refractivity contribution in [1.82, 2.24) is 20.2 Å². The smallest absolute Gasteiger partial charge is 0.318 e. The van der Waals surface area contributed by atoms with Gasteiger partial charge >= 0.3 is 12.0 Å². The monoisotopic (exact) mass is 348 g/mol. The van der Waals surface area contributed by atoms with Crippen LogP contribution < -0.4 is 5.32 Å². The average molecular weight is 348 g/mol. The molecule has 134 valence electrons. The first-order chi connectivity index (χ1) is 12.1. The molecular formula is C17H21FN4O3. The summed E-state index contributed by atoms with van der Waals surface area (Å²) < 4.78 is 18.2. The van der Waals surface area contributed by atoms with E-state index in [0.717, 1.165) is 12.8 Å². The quantitative estimate of drug-likeness (QED) is 0.813. The van der Waals surface area contributed by atoms with Crippen LogP contribution in [0.2, 0.25) is 0 Å². The third kappa shape index (κ3) is 3.89. The van der Waals surface area contributed by atoms with Crippen molar-refractivity contribution in [3.8, 4) is 0 Å². The van der Waals surface area contributed by atoms with E-state index in [1.807, 2.05) is 0 Å². The number of rotatable bonds is 5. The van der Waals surface area contributed by atoms with Crippen molar-refractivity contribution in [3.63, 3.8) is 0 Å². The molecule has 1 unspecified atom stereocenters. The highest BCUT2D eigenvalue weighted by molar-refractivity contribution is 5.77. The van der Waals surface area contributed by atoms with E-state index in [2.05, 4.69) is 15.3 Å². The molecule has 1 aliphatic heterocycles.